The van der Waals surface area contributed by atoms with Crippen LogP contribution in [0.15, 0.2) is 65.5 Å². The van der Waals surface area contributed by atoms with E-state index in [1.54, 1.807) is 18.5 Å². The van der Waals surface area contributed by atoms with Crippen molar-refractivity contribution in [2.75, 3.05) is 13.2 Å². The number of hydrogen-bond donors (Lipinski definition) is 0. The van der Waals surface area contributed by atoms with Gasteiger partial charge in [-0.2, -0.15) is 0 Å². The molecule has 0 saturated heterocycles. The van der Waals surface area contributed by atoms with Gasteiger partial charge < -0.3 is 18.6 Å². The second-order valence-electron chi connectivity index (χ2n) is 6.43. The van der Waals surface area contributed by atoms with Gasteiger partial charge in [-0.25, -0.2) is 0 Å². The van der Waals surface area contributed by atoms with E-state index in [4.69, 9.17) is 9.15 Å². The maximum atomic E-state index is 12.6. The topological polar surface area (TPSA) is 60.5 Å². The minimum absolute atomic E-state index is 0.0714. The molecule has 134 valence electrons. The summed E-state index contributed by atoms with van der Waals surface area (Å²) < 4.78 is 13.4. The van der Waals surface area contributed by atoms with Crippen molar-refractivity contribution in [1.82, 2.24) is 14.5 Å². The highest BCUT2D eigenvalue weighted by molar-refractivity contribution is 5.78. The standard InChI is InChI=1S/C20H21N3O3/c24-20(11-19-7-4-10-26-19)22-12-17-6-3-9-23(17)18(13-22)15-25-14-16-5-1-2-8-21-16/h1-10,18H,11-15H2. The van der Waals surface area contributed by atoms with Gasteiger partial charge in [0.2, 0.25) is 5.91 Å². The van der Waals surface area contributed by atoms with Gasteiger partial charge in [-0.1, -0.05) is 6.07 Å². The van der Waals surface area contributed by atoms with Crippen LogP contribution in [0.4, 0.5) is 0 Å². The highest BCUT2D eigenvalue weighted by Crippen LogP contribution is 2.23. The molecule has 0 aromatic carbocycles. The van der Waals surface area contributed by atoms with Gasteiger partial charge in [-0.3, -0.25) is 9.78 Å². The highest BCUT2D eigenvalue weighted by atomic mass is 16.5. The molecule has 1 aliphatic rings. The minimum atomic E-state index is 0.0714. The van der Waals surface area contributed by atoms with Crippen molar-refractivity contribution in [1.29, 1.82) is 0 Å². The predicted molar refractivity (Wildman–Crippen MR) is 95.2 cm³/mol. The monoisotopic (exact) mass is 351 g/mol. The van der Waals surface area contributed by atoms with Crippen LogP contribution >= 0.6 is 0 Å². The zero-order valence-corrected chi connectivity index (χ0v) is 14.5. The van der Waals surface area contributed by atoms with Crippen LogP contribution in [0.1, 0.15) is 23.2 Å². The largest absolute Gasteiger partial charge is 0.469 e. The summed E-state index contributed by atoms with van der Waals surface area (Å²) in [6.07, 6.45) is 5.70. The van der Waals surface area contributed by atoms with Crippen LogP contribution in [0.2, 0.25) is 0 Å². The van der Waals surface area contributed by atoms with E-state index in [-0.39, 0.29) is 18.4 Å². The number of ether oxygens (including phenoxy) is 1. The third-order valence-electron chi connectivity index (χ3n) is 4.59. The number of nitrogens with zero attached hydrogens (tertiary/aromatic N) is 3. The summed E-state index contributed by atoms with van der Waals surface area (Å²) in [6, 6.07) is 13.6. The Hall–Kier alpha value is -2.86. The molecule has 0 spiro atoms. The van der Waals surface area contributed by atoms with Crippen molar-refractivity contribution in [3.05, 3.63) is 78.3 Å². The second kappa shape index (κ2) is 7.58. The molecule has 4 heterocycles. The number of aromatic nitrogens is 2. The van der Waals surface area contributed by atoms with Crippen molar-refractivity contribution in [2.24, 2.45) is 0 Å². The highest BCUT2D eigenvalue weighted by Gasteiger charge is 2.27. The third-order valence-corrected chi connectivity index (χ3v) is 4.59. The molecule has 0 N–H and O–H groups in total. The number of fused-ring (bicyclic) bond motifs is 1. The smallest absolute Gasteiger partial charge is 0.230 e. The number of carbonyl (C=O) groups excluding carboxylic acids is 1. The molecule has 0 radical (unpaired) electrons. The van der Waals surface area contributed by atoms with Gasteiger partial charge in [-0.15, -0.1) is 0 Å². The van der Waals surface area contributed by atoms with E-state index in [1.165, 1.54) is 0 Å². The Morgan fingerprint density at radius 1 is 1.23 bits per heavy atom. The Bertz CT molecular complexity index is 842. The molecule has 4 rings (SSSR count). The minimum Gasteiger partial charge on any atom is -0.469 e. The molecule has 0 saturated carbocycles. The summed E-state index contributed by atoms with van der Waals surface area (Å²) in [5.74, 6) is 0.765. The predicted octanol–water partition coefficient (Wildman–Crippen LogP) is 2.82. The molecule has 0 aliphatic carbocycles. The van der Waals surface area contributed by atoms with Gasteiger partial charge in [0.1, 0.15) is 5.76 Å². The van der Waals surface area contributed by atoms with Crippen LogP contribution in [-0.4, -0.2) is 33.5 Å². The van der Waals surface area contributed by atoms with Crippen molar-refractivity contribution >= 4 is 5.91 Å². The normalized spacial score (nSPS) is 16.5. The molecular formula is C20H21N3O3. The SMILES string of the molecule is O=C(Cc1ccco1)N1Cc2cccn2C(COCc2ccccn2)C1. The Morgan fingerprint density at radius 2 is 2.19 bits per heavy atom. The van der Waals surface area contributed by atoms with Gasteiger partial charge in [-0.05, 0) is 36.4 Å². The average Bonchev–Trinajstić information content (AvgIpc) is 3.34. The zero-order chi connectivity index (χ0) is 17.8. The van der Waals surface area contributed by atoms with E-state index in [1.807, 2.05) is 35.2 Å². The van der Waals surface area contributed by atoms with Crippen molar-refractivity contribution < 1.29 is 13.9 Å². The number of pyridine rings is 1. The van der Waals surface area contributed by atoms with Gasteiger partial charge in [0.15, 0.2) is 0 Å². The van der Waals surface area contributed by atoms with E-state index in [0.29, 0.717) is 32.1 Å². The lowest BCUT2D eigenvalue weighted by Gasteiger charge is -2.35. The van der Waals surface area contributed by atoms with Crippen LogP contribution in [-0.2, 0) is 29.1 Å². The van der Waals surface area contributed by atoms with E-state index in [9.17, 15) is 4.79 Å². The summed E-state index contributed by atoms with van der Waals surface area (Å²) in [5, 5.41) is 0. The summed E-state index contributed by atoms with van der Waals surface area (Å²) in [4.78, 5) is 18.8. The number of carbonyl (C=O) groups is 1. The Balaban J connectivity index is 1.40. The van der Waals surface area contributed by atoms with Crippen molar-refractivity contribution in [2.45, 2.75) is 25.6 Å². The fourth-order valence-electron chi connectivity index (χ4n) is 3.30. The summed E-state index contributed by atoms with van der Waals surface area (Å²) in [6.45, 7) is 2.24. The van der Waals surface area contributed by atoms with E-state index < -0.39 is 0 Å². The molecule has 1 unspecified atom stereocenters. The first-order valence-electron chi connectivity index (χ1n) is 8.73. The van der Waals surface area contributed by atoms with E-state index in [0.717, 1.165) is 11.4 Å². The average molecular weight is 351 g/mol. The lowest BCUT2D eigenvalue weighted by molar-refractivity contribution is -0.133. The molecule has 0 bridgehead atoms. The molecule has 0 fully saturated rings. The second-order valence-corrected chi connectivity index (χ2v) is 6.43. The molecule has 1 atom stereocenters. The van der Waals surface area contributed by atoms with Crippen molar-refractivity contribution in [3.8, 4) is 0 Å². The quantitative estimate of drug-likeness (QED) is 0.685. The molecule has 26 heavy (non-hydrogen) atoms. The molecule has 6 heteroatoms. The van der Waals surface area contributed by atoms with Crippen molar-refractivity contribution in [3.63, 3.8) is 0 Å². The first-order chi connectivity index (χ1) is 12.8. The molecule has 6 nitrogen and oxygen atoms in total. The van der Waals surface area contributed by atoms with Gasteiger partial charge in [0.25, 0.3) is 0 Å². The van der Waals surface area contributed by atoms with E-state index in [2.05, 4.69) is 21.8 Å². The number of furan rings is 1. The fraction of sp³-hybridized carbons (Fsp3) is 0.300. The number of amides is 1. The molecule has 3 aromatic rings. The molecule has 1 aliphatic heterocycles. The Labute approximate surface area is 152 Å². The lowest BCUT2D eigenvalue weighted by atomic mass is 10.1. The maximum Gasteiger partial charge on any atom is 0.230 e. The van der Waals surface area contributed by atoms with Crippen LogP contribution in [0.5, 0.6) is 0 Å². The summed E-state index contributed by atoms with van der Waals surface area (Å²) in [7, 11) is 0. The van der Waals surface area contributed by atoms with Crippen LogP contribution < -0.4 is 0 Å². The Morgan fingerprint density at radius 3 is 3.00 bits per heavy atom. The van der Waals surface area contributed by atoms with Gasteiger partial charge in [0, 0.05) is 24.6 Å². The zero-order valence-electron chi connectivity index (χ0n) is 14.5. The fourth-order valence-corrected chi connectivity index (χ4v) is 3.30. The number of rotatable bonds is 6. The first kappa shape index (κ1) is 16.6. The first-order valence-corrected chi connectivity index (χ1v) is 8.73. The van der Waals surface area contributed by atoms with Crippen LogP contribution in [0.3, 0.4) is 0 Å². The summed E-state index contributed by atoms with van der Waals surface area (Å²) >= 11 is 0. The Kier molecular flexibility index (Phi) is 4.84. The lowest BCUT2D eigenvalue weighted by Crippen LogP contribution is -2.42. The molecular weight excluding hydrogens is 330 g/mol. The van der Waals surface area contributed by atoms with E-state index >= 15 is 0 Å². The van der Waals surface area contributed by atoms with Crippen LogP contribution in [0.25, 0.3) is 0 Å². The number of hydrogen-bond acceptors (Lipinski definition) is 4. The molecule has 1 amide bonds. The van der Waals surface area contributed by atoms with Gasteiger partial charge in [0.05, 0.1) is 44.2 Å². The maximum absolute atomic E-state index is 12.6. The third kappa shape index (κ3) is 3.70. The summed E-state index contributed by atoms with van der Waals surface area (Å²) in [5.41, 5.74) is 2.03. The van der Waals surface area contributed by atoms with Crippen LogP contribution in [0, 0.1) is 0 Å². The van der Waals surface area contributed by atoms with Gasteiger partial charge >= 0.3 is 0 Å². The molecule has 3 aromatic heterocycles.